The maximum Gasteiger partial charge on any atom is 0.153 e. The highest BCUT2D eigenvalue weighted by Gasteiger charge is 2.14. The molecule has 0 amide bonds. The van der Waals surface area contributed by atoms with Gasteiger partial charge in [0.2, 0.25) is 0 Å². The zero-order valence-electron chi connectivity index (χ0n) is 10.8. The molecule has 1 aromatic heterocycles. The van der Waals surface area contributed by atoms with Gasteiger partial charge in [-0.2, -0.15) is 5.10 Å². The monoisotopic (exact) mass is 222 g/mol. The van der Waals surface area contributed by atoms with Crippen molar-refractivity contribution in [3.8, 4) is 0 Å². The van der Waals surface area contributed by atoms with Gasteiger partial charge in [0, 0.05) is 12.2 Å². The molecule has 16 heavy (non-hydrogen) atoms. The first-order valence-corrected chi connectivity index (χ1v) is 6.17. The topological polar surface area (TPSA) is 34.9 Å². The van der Waals surface area contributed by atoms with Crippen LogP contribution >= 0.6 is 0 Å². The van der Waals surface area contributed by atoms with E-state index >= 15 is 0 Å². The minimum absolute atomic E-state index is 0.665. The summed E-state index contributed by atoms with van der Waals surface area (Å²) in [6.07, 6.45) is 3.77. The van der Waals surface area contributed by atoms with Gasteiger partial charge in [0.1, 0.15) is 0 Å². The minimum Gasteiger partial charge on any atom is -0.298 e. The Morgan fingerprint density at radius 1 is 1.31 bits per heavy atom. The van der Waals surface area contributed by atoms with Crippen molar-refractivity contribution in [3.63, 3.8) is 0 Å². The second-order valence-electron chi connectivity index (χ2n) is 4.54. The van der Waals surface area contributed by atoms with Gasteiger partial charge in [-0.3, -0.25) is 9.48 Å². The molecule has 0 saturated heterocycles. The first kappa shape index (κ1) is 12.9. The lowest BCUT2D eigenvalue weighted by atomic mass is 10.1. The SMILES string of the molecule is CCc1nn(CCC(C)C)c(CC)c1C=O. The molecule has 0 radical (unpaired) electrons. The lowest BCUT2D eigenvalue weighted by Crippen LogP contribution is -2.07. The Bertz CT molecular complexity index is 353. The molecule has 0 aliphatic carbocycles. The van der Waals surface area contributed by atoms with Crippen molar-refractivity contribution in [2.45, 2.75) is 53.5 Å². The van der Waals surface area contributed by atoms with Crippen LogP contribution in [-0.4, -0.2) is 16.1 Å². The zero-order valence-corrected chi connectivity index (χ0v) is 10.8. The normalized spacial score (nSPS) is 11.1. The highest BCUT2D eigenvalue weighted by Crippen LogP contribution is 2.15. The number of hydrogen-bond acceptors (Lipinski definition) is 2. The molecule has 0 spiro atoms. The lowest BCUT2D eigenvalue weighted by Gasteiger charge is -2.08. The number of aromatic nitrogens is 2. The molecule has 0 saturated carbocycles. The molecule has 0 aromatic carbocycles. The van der Waals surface area contributed by atoms with Gasteiger partial charge in [0.15, 0.2) is 6.29 Å². The number of aldehydes is 1. The third kappa shape index (κ3) is 2.71. The molecule has 3 heteroatoms. The second kappa shape index (κ2) is 5.83. The van der Waals surface area contributed by atoms with Crippen molar-refractivity contribution in [1.29, 1.82) is 0 Å². The van der Waals surface area contributed by atoms with Crippen molar-refractivity contribution >= 4 is 6.29 Å². The van der Waals surface area contributed by atoms with E-state index in [1.807, 2.05) is 11.6 Å². The molecular formula is C13H22N2O. The van der Waals surface area contributed by atoms with E-state index in [2.05, 4.69) is 25.9 Å². The summed E-state index contributed by atoms with van der Waals surface area (Å²) in [4.78, 5) is 11.1. The van der Waals surface area contributed by atoms with Crippen LogP contribution in [0.25, 0.3) is 0 Å². The second-order valence-corrected chi connectivity index (χ2v) is 4.54. The summed E-state index contributed by atoms with van der Waals surface area (Å²) in [5.41, 5.74) is 2.84. The summed E-state index contributed by atoms with van der Waals surface area (Å²) >= 11 is 0. The first-order chi connectivity index (χ1) is 7.63. The van der Waals surface area contributed by atoms with Crippen LogP contribution in [0.2, 0.25) is 0 Å². The predicted molar refractivity (Wildman–Crippen MR) is 65.8 cm³/mol. The maximum absolute atomic E-state index is 11.1. The first-order valence-electron chi connectivity index (χ1n) is 6.17. The summed E-state index contributed by atoms with van der Waals surface area (Å²) in [5, 5.41) is 4.53. The van der Waals surface area contributed by atoms with E-state index in [0.717, 1.165) is 49.0 Å². The Labute approximate surface area is 97.8 Å². The van der Waals surface area contributed by atoms with E-state index < -0.39 is 0 Å². The van der Waals surface area contributed by atoms with E-state index in [0.29, 0.717) is 5.92 Å². The van der Waals surface area contributed by atoms with Gasteiger partial charge in [-0.15, -0.1) is 0 Å². The Hall–Kier alpha value is -1.12. The van der Waals surface area contributed by atoms with Crippen molar-refractivity contribution in [3.05, 3.63) is 17.0 Å². The Kier molecular flexibility index (Phi) is 4.71. The van der Waals surface area contributed by atoms with Gasteiger partial charge >= 0.3 is 0 Å². The molecular weight excluding hydrogens is 200 g/mol. The summed E-state index contributed by atoms with van der Waals surface area (Å²) in [6.45, 7) is 9.45. The average Bonchev–Trinajstić information content (AvgIpc) is 2.62. The Balaban J connectivity index is 2.98. The molecule has 0 N–H and O–H groups in total. The number of hydrogen-bond donors (Lipinski definition) is 0. The number of carbonyl (C=O) groups excluding carboxylic acids is 1. The highest BCUT2D eigenvalue weighted by molar-refractivity contribution is 5.78. The zero-order chi connectivity index (χ0) is 12.1. The van der Waals surface area contributed by atoms with Crippen molar-refractivity contribution in [2.24, 2.45) is 5.92 Å². The van der Waals surface area contributed by atoms with Gasteiger partial charge in [-0.05, 0) is 25.2 Å². The predicted octanol–water partition coefficient (Wildman–Crippen LogP) is 2.87. The molecule has 90 valence electrons. The molecule has 0 fully saturated rings. The van der Waals surface area contributed by atoms with Crippen LogP contribution in [0.15, 0.2) is 0 Å². The van der Waals surface area contributed by atoms with E-state index in [9.17, 15) is 4.79 Å². The molecule has 3 nitrogen and oxygen atoms in total. The van der Waals surface area contributed by atoms with Crippen LogP contribution in [0.5, 0.6) is 0 Å². The summed E-state index contributed by atoms with van der Waals surface area (Å²) in [6, 6.07) is 0. The standard InChI is InChI=1S/C13H22N2O/c1-5-12-11(9-16)13(6-2)15(14-12)8-7-10(3)4/h9-10H,5-8H2,1-4H3. The van der Waals surface area contributed by atoms with E-state index in [1.54, 1.807) is 0 Å². The molecule has 1 heterocycles. The fourth-order valence-corrected chi connectivity index (χ4v) is 1.90. The Morgan fingerprint density at radius 3 is 2.44 bits per heavy atom. The van der Waals surface area contributed by atoms with Crippen LogP contribution in [0.3, 0.4) is 0 Å². The molecule has 0 unspecified atom stereocenters. The number of nitrogens with zero attached hydrogens (tertiary/aromatic N) is 2. The van der Waals surface area contributed by atoms with Crippen LogP contribution in [0.4, 0.5) is 0 Å². The molecule has 0 atom stereocenters. The largest absolute Gasteiger partial charge is 0.298 e. The molecule has 1 rings (SSSR count). The maximum atomic E-state index is 11.1. The Morgan fingerprint density at radius 2 is 2.00 bits per heavy atom. The van der Waals surface area contributed by atoms with Crippen LogP contribution in [0, 0.1) is 5.92 Å². The van der Waals surface area contributed by atoms with Gasteiger partial charge in [0.05, 0.1) is 11.3 Å². The number of rotatable bonds is 6. The number of aryl methyl sites for hydroxylation is 2. The van der Waals surface area contributed by atoms with Crippen LogP contribution in [0.1, 0.15) is 55.9 Å². The van der Waals surface area contributed by atoms with Crippen molar-refractivity contribution in [2.75, 3.05) is 0 Å². The van der Waals surface area contributed by atoms with E-state index in [1.165, 1.54) is 0 Å². The third-order valence-electron chi connectivity index (χ3n) is 2.88. The number of carbonyl (C=O) groups is 1. The smallest absolute Gasteiger partial charge is 0.153 e. The molecule has 0 bridgehead atoms. The minimum atomic E-state index is 0.665. The van der Waals surface area contributed by atoms with E-state index in [4.69, 9.17) is 0 Å². The molecule has 1 aromatic rings. The fraction of sp³-hybridized carbons (Fsp3) is 0.692. The van der Waals surface area contributed by atoms with Gasteiger partial charge in [-0.25, -0.2) is 0 Å². The summed E-state index contributed by atoms with van der Waals surface area (Å²) in [5.74, 6) is 0.665. The van der Waals surface area contributed by atoms with Crippen LogP contribution < -0.4 is 0 Å². The van der Waals surface area contributed by atoms with Crippen molar-refractivity contribution < 1.29 is 4.79 Å². The van der Waals surface area contributed by atoms with E-state index in [-0.39, 0.29) is 0 Å². The third-order valence-corrected chi connectivity index (χ3v) is 2.88. The quantitative estimate of drug-likeness (QED) is 0.694. The van der Waals surface area contributed by atoms with Crippen LogP contribution in [-0.2, 0) is 19.4 Å². The van der Waals surface area contributed by atoms with Gasteiger partial charge in [0.25, 0.3) is 0 Å². The highest BCUT2D eigenvalue weighted by atomic mass is 16.1. The molecule has 0 aliphatic heterocycles. The average molecular weight is 222 g/mol. The van der Waals surface area contributed by atoms with Gasteiger partial charge in [-0.1, -0.05) is 27.7 Å². The summed E-state index contributed by atoms with van der Waals surface area (Å²) < 4.78 is 2.02. The fourth-order valence-electron chi connectivity index (χ4n) is 1.90. The van der Waals surface area contributed by atoms with Gasteiger partial charge < -0.3 is 0 Å². The summed E-state index contributed by atoms with van der Waals surface area (Å²) in [7, 11) is 0. The lowest BCUT2D eigenvalue weighted by molar-refractivity contribution is 0.112. The molecule has 0 aliphatic rings. The van der Waals surface area contributed by atoms with Crippen molar-refractivity contribution in [1.82, 2.24) is 9.78 Å².